The minimum atomic E-state index is -0.465. The van der Waals surface area contributed by atoms with E-state index >= 15 is 0 Å². The fraction of sp³-hybridized carbons (Fsp3) is 0.154. The lowest BCUT2D eigenvalue weighted by atomic mass is 10.2. The Morgan fingerprint density at radius 3 is 2.83 bits per heavy atom. The highest BCUT2D eigenvalue weighted by atomic mass is 79.9. The van der Waals surface area contributed by atoms with Crippen molar-refractivity contribution >= 4 is 21.8 Å². The van der Waals surface area contributed by atoms with E-state index in [4.69, 9.17) is 4.42 Å². The monoisotopic (exact) mass is 311 g/mol. The summed E-state index contributed by atoms with van der Waals surface area (Å²) in [6.45, 7) is 1.80. The molecule has 0 aliphatic carbocycles. The van der Waals surface area contributed by atoms with Crippen molar-refractivity contribution in [3.8, 4) is 0 Å². The second-order valence-corrected chi connectivity index (χ2v) is 4.60. The Labute approximate surface area is 112 Å². The largest absolute Gasteiger partial charge is 0.467 e. The molecule has 1 aromatic heterocycles. The number of halogens is 2. The number of carbonyl (C=O) groups excluding carboxylic acids is 1. The molecule has 0 aliphatic heterocycles. The highest BCUT2D eigenvalue weighted by Crippen LogP contribution is 2.21. The summed E-state index contributed by atoms with van der Waals surface area (Å²) in [6, 6.07) is 7.57. The highest BCUT2D eigenvalue weighted by molar-refractivity contribution is 9.10. The zero-order valence-corrected chi connectivity index (χ0v) is 11.2. The van der Waals surface area contributed by atoms with Crippen molar-refractivity contribution < 1.29 is 13.6 Å². The van der Waals surface area contributed by atoms with Gasteiger partial charge in [-0.05, 0) is 47.1 Å². The molecule has 5 heteroatoms. The van der Waals surface area contributed by atoms with Crippen LogP contribution in [-0.2, 0) is 0 Å². The third-order valence-corrected chi connectivity index (χ3v) is 3.32. The molecule has 1 aromatic carbocycles. The summed E-state index contributed by atoms with van der Waals surface area (Å²) < 4.78 is 18.7. The van der Waals surface area contributed by atoms with Crippen molar-refractivity contribution in [2.24, 2.45) is 0 Å². The summed E-state index contributed by atoms with van der Waals surface area (Å²) in [6.07, 6.45) is 1.54. The van der Waals surface area contributed by atoms with Crippen LogP contribution in [0.5, 0.6) is 0 Å². The van der Waals surface area contributed by atoms with Gasteiger partial charge in [-0.25, -0.2) is 4.39 Å². The molecular formula is C13H11BrFNO2. The van der Waals surface area contributed by atoms with Crippen LogP contribution in [0.3, 0.4) is 0 Å². The second-order valence-electron chi connectivity index (χ2n) is 3.81. The van der Waals surface area contributed by atoms with Crippen molar-refractivity contribution in [1.29, 1.82) is 0 Å². The first kappa shape index (κ1) is 12.8. The number of nitrogens with one attached hydrogen (secondary N) is 1. The third-order valence-electron chi connectivity index (χ3n) is 2.51. The van der Waals surface area contributed by atoms with Gasteiger partial charge in [0.25, 0.3) is 5.91 Å². The fourth-order valence-electron chi connectivity index (χ4n) is 1.56. The lowest BCUT2D eigenvalue weighted by molar-refractivity contribution is 0.0934. The molecule has 2 aromatic rings. The van der Waals surface area contributed by atoms with Crippen molar-refractivity contribution in [3.63, 3.8) is 0 Å². The van der Waals surface area contributed by atoms with Gasteiger partial charge in [0.1, 0.15) is 11.6 Å². The van der Waals surface area contributed by atoms with Crippen LogP contribution in [0.4, 0.5) is 4.39 Å². The molecule has 18 heavy (non-hydrogen) atoms. The van der Waals surface area contributed by atoms with E-state index in [1.807, 2.05) is 0 Å². The first-order valence-corrected chi connectivity index (χ1v) is 6.17. The number of benzene rings is 1. The Morgan fingerprint density at radius 1 is 1.39 bits per heavy atom. The SMILES string of the molecule is CC(NC(=O)c1cccc(F)c1Br)c1ccco1. The number of amides is 1. The minimum Gasteiger partial charge on any atom is -0.467 e. The number of carbonyl (C=O) groups is 1. The Hall–Kier alpha value is -1.62. The quantitative estimate of drug-likeness (QED) is 0.939. The summed E-state index contributed by atoms with van der Waals surface area (Å²) >= 11 is 3.06. The van der Waals surface area contributed by atoms with Crippen LogP contribution in [0.1, 0.15) is 29.1 Å². The summed E-state index contributed by atoms with van der Waals surface area (Å²) in [5, 5.41) is 2.74. The number of rotatable bonds is 3. The molecule has 1 N–H and O–H groups in total. The van der Waals surface area contributed by atoms with Gasteiger partial charge in [0.2, 0.25) is 0 Å². The lowest BCUT2D eigenvalue weighted by Gasteiger charge is -2.12. The Bertz CT molecular complexity index is 554. The summed E-state index contributed by atoms with van der Waals surface area (Å²) in [7, 11) is 0. The molecule has 0 saturated carbocycles. The van der Waals surface area contributed by atoms with Crippen molar-refractivity contribution in [3.05, 3.63) is 58.2 Å². The van der Waals surface area contributed by atoms with Gasteiger partial charge in [-0.2, -0.15) is 0 Å². The van der Waals surface area contributed by atoms with Gasteiger partial charge in [-0.1, -0.05) is 6.07 Å². The number of furan rings is 1. The summed E-state index contributed by atoms with van der Waals surface area (Å²) in [5.41, 5.74) is 0.258. The Morgan fingerprint density at radius 2 is 2.17 bits per heavy atom. The van der Waals surface area contributed by atoms with E-state index in [0.29, 0.717) is 5.76 Å². The predicted molar refractivity (Wildman–Crippen MR) is 68.7 cm³/mol. The van der Waals surface area contributed by atoms with E-state index < -0.39 is 5.82 Å². The molecule has 3 nitrogen and oxygen atoms in total. The topological polar surface area (TPSA) is 42.2 Å². The van der Waals surface area contributed by atoms with E-state index in [0.717, 1.165) is 0 Å². The fourth-order valence-corrected chi connectivity index (χ4v) is 2.01. The smallest absolute Gasteiger partial charge is 0.253 e. The number of hydrogen-bond acceptors (Lipinski definition) is 2. The van der Waals surface area contributed by atoms with Crippen LogP contribution in [-0.4, -0.2) is 5.91 Å². The lowest BCUT2D eigenvalue weighted by Crippen LogP contribution is -2.26. The zero-order chi connectivity index (χ0) is 13.1. The Balaban J connectivity index is 2.15. The van der Waals surface area contributed by atoms with Gasteiger partial charge in [-0.15, -0.1) is 0 Å². The molecule has 1 heterocycles. The molecule has 0 saturated heterocycles. The van der Waals surface area contributed by atoms with Crippen LogP contribution in [0, 0.1) is 5.82 Å². The van der Waals surface area contributed by atoms with E-state index in [-0.39, 0.29) is 22.0 Å². The van der Waals surface area contributed by atoms with Gasteiger partial charge in [-0.3, -0.25) is 4.79 Å². The minimum absolute atomic E-state index is 0.161. The van der Waals surface area contributed by atoms with Crippen LogP contribution in [0.2, 0.25) is 0 Å². The van der Waals surface area contributed by atoms with Crippen molar-refractivity contribution in [2.75, 3.05) is 0 Å². The summed E-state index contributed by atoms with van der Waals surface area (Å²) in [5.74, 6) is -0.172. The average Bonchev–Trinajstić information content (AvgIpc) is 2.86. The average molecular weight is 312 g/mol. The van der Waals surface area contributed by atoms with Crippen molar-refractivity contribution in [1.82, 2.24) is 5.32 Å². The van der Waals surface area contributed by atoms with Crippen LogP contribution >= 0.6 is 15.9 Å². The maximum absolute atomic E-state index is 13.3. The first-order valence-electron chi connectivity index (χ1n) is 5.38. The molecule has 0 aliphatic rings. The molecule has 0 bridgehead atoms. The maximum Gasteiger partial charge on any atom is 0.253 e. The Kier molecular flexibility index (Phi) is 3.81. The highest BCUT2D eigenvalue weighted by Gasteiger charge is 2.16. The molecule has 0 fully saturated rings. The maximum atomic E-state index is 13.3. The van der Waals surface area contributed by atoms with Gasteiger partial charge in [0.15, 0.2) is 0 Å². The standard InChI is InChI=1S/C13H11BrFNO2/c1-8(11-6-3-7-18-11)16-13(17)9-4-2-5-10(15)12(9)14/h2-8H,1H3,(H,16,17). The molecule has 1 amide bonds. The van der Waals surface area contributed by atoms with Gasteiger partial charge < -0.3 is 9.73 Å². The van der Waals surface area contributed by atoms with E-state index in [9.17, 15) is 9.18 Å². The van der Waals surface area contributed by atoms with Crippen LogP contribution in [0.25, 0.3) is 0 Å². The van der Waals surface area contributed by atoms with Crippen LogP contribution < -0.4 is 5.32 Å². The zero-order valence-electron chi connectivity index (χ0n) is 9.61. The van der Waals surface area contributed by atoms with E-state index in [1.54, 1.807) is 25.1 Å². The molecule has 0 radical (unpaired) electrons. The van der Waals surface area contributed by atoms with Gasteiger partial charge in [0, 0.05) is 0 Å². The number of hydrogen-bond donors (Lipinski definition) is 1. The molecule has 2 rings (SSSR count). The molecule has 94 valence electrons. The van der Waals surface area contributed by atoms with E-state index in [2.05, 4.69) is 21.2 Å². The summed E-state index contributed by atoms with van der Waals surface area (Å²) in [4.78, 5) is 12.0. The first-order chi connectivity index (χ1) is 8.59. The van der Waals surface area contributed by atoms with Crippen LogP contribution in [0.15, 0.2) is 45.5 Å². The normalized spacial score (nSPS) is 12.2. The second kappa shape index (κ2) is 5.35. The molecule has 1 atom stereocenters. The molecule has 1 unspecified atom stereocenters. The molecule has 0 spiro atoms. The van der Waals surface area contributed by atoms with Gasteiger partial charge >= 0.3 is 0 Å². The predicted octanol–water partition coefficient (Wildman–Crippen LogP) is 3.67. The van der Waals surface area contributed by atoms with Crippen molar-refractivity contribution in [2.45, 2.75) is 13.0 Å². The van der Waals surface area contributed by atoms with E-state index in [1.165, 1.54) is 18.4 Å². The van der Waals surface area contributed by atoms with Gasteiger partial charge in [0.05, 0.1) is 22.3 Å². The third kappa shape index (κ3) is 2.61. The molecular weight excluding hydrogens is 301 g/mol.